The van der Waals surface area contributed by atoms with E-state index in [4.69, 9.17) is 11.2 Å². The van der Waals surface area contributed by atoms with Gasteiger partial charge in [-0.2, -0.15) is 0 Å². The Hall–Kier alpha value is -1.09. The molecule has 1 saturated carbocycles. The van der Waals surface area contributed by atoms with Crippen LogP contribution >= 0.6 is 0 Å². The molecule has 1 aliphatic carbocycles. The van der Waals surface area contributed by atoms with Crippen LogP contribution in [0, 0.1) is 12.3 Å². The fraction of sp³-hybridized carbons (Fsp3) is 0.850. The lowest BCUT2D eigenvalue weighted by Crippen LogP contribution is -2.52. The van der Waals surface area contributed by atoms with Gasteiger partial charge in [-0.25, -0.2) is 0 Å². The number of ether oxygens (including phenoxy) is 1. The first-order chi connectivity index (χ1) is 12.2. The van der Waals surface area contributed by atoms with Crippen molar-refractivity contribution in [3.63, 3.8) is 0 Å². The Kier molecular flexibility index (Phi) is 7.15. The second kappa shape index (κ2) is 9.56. The van der Waals surface area contributed by atoms with Crippen LogP contribution in [0.15, 0.2) is 0 Å². The zero-order chi connectivity index (χ0) is 17.5. The molecule has 25 heavy (non-hydrogen) atoms. The molecule has 2 aliphatic heterocycles. The zero-order valence-electron chi connectivity index (χ0n) is 15.5. The van der Waals surface area contributed by atoms with Crippen molar-refractivity contribution in [3.8, 4) is 12.3 Å². The third kappa shape index (κ3) is 5.70. The highest BCUT2D eigenvalue weighted by Gasteiger charge is 2.27. The van der Waals surface area contributed by atoms with E-state index in [1.54, 1.807) is 0 Å². The van der Waals surface area contributed by atoms with E-state index in [1.165, 1.54) is 32.1 Å². The van der Waals surface area contributed by atoms with Crippen molar-refractivity contribution in [1.82, 2.24) is 14.7 Å². The molecule has 0 radical (unpaired) electrons. The van der Waals surface area contributed by atoms with Gasteiger partial charge in [-0.15, -0.1) is 6.42 Å². The fourth-order valence-corrected chi connectivity index (χ4v) is 4.25. The van der Waals surface area contributed by atoms with Crippen molar-refractivity contribution in [2.45, 2.75) is 57.2 Å². The van der Waals surface area contributed by atoms with Gasteiger partial charge < -0.3 is 9.64 Å². The monoisotopic (exact) mass is 347 g/mol. The maximum absolute atomic E-state index is 12.5. The molecule has 5 heteroatoms. The fourth-order valence-electron chi connectivity index (χ4n) is 4.25. The first-order valence-corrected chi connectivity index (χ1v) is 10.1. The van der Waals surface area contributed by atoms with Gasteiger partial charge in [0.1, 0.15) is 0 Å². The molecule has 1 amide bonds. The molecular formula is C20H33N3O2. The summed E-state index contributed by atoms with van der Waals surface area (Å²) in [6, 6.07) is 0. The molecule has 3 rings (SSSR count). The van der Waals surface area contributed by atoms with Crippen LogP contribution in [0.5, 0.6) is 0 Å². The van der Waals surface area contributed by atoms with E-state index in [9.17, 15) is 4.79 Å². The molecule has 0 atom stereocenters. The highest BCUT2D eigenvalue weighted by atomic mass is 16.5. The van der Waals surface area contributed by atoms with E-state index in [-0.39, 0.29) is 5.91 Å². The summed E-state index contributed by atoms with van der Waals surface area (Å²) in [6.45, 7) is 6.63. The summed E-state index contributed by atoms with van der Waals surface area (Å²) < 4.78 is 6.29. The average molecular weight is 348 g/mol. The lowest BCUT2D eigenvalue weighted by atomic mass is 9.97. The molecule has 0 bridgehead atoms. The SMILES string of the molecule is C#CCN1CCN(C(=O)CN2CCC(OC3CCCCC3)CC2)CC1. The predicted octanol–water partition coefficient (Wildman–Crippen LogP) is 1.58. The van der Waals surface area contributed by atoms with Crippen LogP contribution in [0.4, 0.5) is 0 Å². The van der Waals surface area contributed by atoms with E-state index in [0.717, 1.165) is 52.1 Å². The number of hydrogen-bond donors (Lipinski definition) is 0. The number of hydrogen-bond acceptors (Lipinski definition) is 4. The van der Waals surface area contributed by atoms with E-state index in [1.807, 2.05) is 4.90 Å². The van der Waals surface area contributed by atoms with E-state index in [2.05, 4.69) is 15.7 Å². The van der Waals surface area contributed by atoms with E-state index in [0.29, 0.717) is 25.3 Å². The first kappa shape index (κ1) is 18.7. The molecule has 0 N–H and O–H groups in total. The molecule has 2 saturated heterocycles. The third-order valence-corrected chi connectivity index (χ3v) is 5.87. The Labute approximate surface area is 152 Å². The number of piperazine rings is 1. The van der Waals surface area contributed by atoms with Crippen molar-refractivity contribution in [2.75, 3.05) is 52.4 Å². The summed E-state index contributed by atoms with van der Waals surface area (Å²) in [4.78, 5) is 19.1. The largest absolute Gasteiger partial charge is 0.375 e. The number of amides is 1. The number of terminal acetylenes is 1. The van der Waals surface area contributed by atoms with Crippen LogP contribution in [-0.2, 0) is 9.53 Å². The maximum Gasteiger partial charge on any atom is 0.236 e. The smallest absolute Gasteiger partial charge is 0.236 e. The molecule has 0 aromatic rings. The number of rotatable bonds is 5. The minimum Gasteiger partial charge on any atom is -0.375 e. The molecule has 2 heterocycles. The molecular weight excluding hydrogens is 314 g/mol. The van der Waals surface area contributed by atoms with E-state index < -0.39 is 0 Å². The normalized spacial score (nSPS) is 25.0. The molecule has 3 aliphatic rings. The van der Waals surface area contributed by atoms with Crippen molar-refractivity contribution in [1.29, 1.82) is 0 Å². The van der Waals surface area contributed by atoms with Gasteiger partial charge in [0.25, 0.3) is 0 Å². The Bertz CT molecular complexity index is 454. The lowest BCUT2D eigenvalue weighted by molar-refractivity contribution is -0.135. The summed E-state index contributed by atoms with van der Waals surface area (Å²) in [5.41, 5.74) is 0. The summed E-state index contributed by atoms with van der Waals surface area (Å²) in [6.07, 6.45) is 14.9. The minimum atomic E-state index is 0.270. The van der Waals surface area contributed by atoms with Crippen LogP contribution in [0.1, 0.15) is 44.9 Å². The molecule has 140 valence electrons. The van der Waals surface area contributed by atoms with Crippen LogP contribution in [0.2, 0.25) is 0 Å². The molecule has 5 nitrogen and oxygen atoms in total. The van der Waals surface area contributed by atoms with Crippen LogP contribution in [0.3, 0.4) is 0 Å². The average Bonchev–Trinajstić information content (AvgIpc) is 2.65. The van der Waals surface area contributed by atoms with Crippen molar-refractivity contribution in [3.05, 3.63) is 0 Å². The Balaban J connectivity index is 1.33. The second-order valence-corrected chi connectivity index (χ2v) is 7.73. The molecule has 3 fully saturated rings. The van der Waals surface area contributed by atoms with Gasteiger partial charge in [0.05, 0.1) is 25.3 Å². The predicted molar refractivity (Wildman–Crippen MR) is 99.3 cm³/mol. The number of carbonyl (C=O) groups excluding carboxylic acids is 1. The number of piperidine rings is 1. The van der Waals surface area contributed by atoms with Crippen molar-refractivity contribution in [2.24, 2.45) is 0 Å². The third-order valence-electron chi connectivity index (χ3n) is 5.87. The molecule has 0 aromatic carbocycles. The quantitative estimate of drug-likeness (QED) is 0.708. The molecule has 0 spiro atoms. The second-order valence-electron chi connectivity index (χ2n) is 7.73. The topological polar surface area (TPSA) is 36.0 Å². The van der Waals surface area contributed by atoms with Crippen LogP contribution in [0.25, 0.3) is 0 Å². The Morgan fingerprint density at radius 2 is 1.52 bits per heavy atom. The highest BCUT2D eigenvalue weighted by molar-refractivity contribution is 5.78. The summed E-state index contributed by atoms with van der Waals surface area (Å²) >= 11 is 0. The van der Waals surface area contributed by atoms with Crippen molar-refractivity contribution >= 4 is 5.91 Å². The maximum atomic E-state index is 12.5. The Morgan fingerprint density at radius 3 is 2.16 bits per heavy atom. The minimum absolute atomic E-state index is 0.270. The Morgan fingerprint density at radius 1 is 0.880 bits per heavy atom. The van der Waals surface area contributed by atoms with Crippen LogP contribution < -0.4 is 0 Å². The lowest BCUT2D eigenvalue weighted by Gasteiger charge is -2.37. The van der Waals surface area contributed by atoms with Gasteiger partial charge in [0.2, 0.25) is 5.91 Å². The molecule has 0 unspecified atom stereocenters. The number of carbonyl (C=O) groups is 1. The van der Waals surface area contributed by atoms with Gasteiger partial charge in [-0.1, -0.05) is 25.2 Å². The van der Waals surface area contributed by atoms with Crippen LogP contribution in [-0.4, -0.2) is 85.2 Å². The van der Waals surface area contributed by atoms with Gasteiger partial charge >= 0.3 is 0 Å². The standard InChI is InChI=1S/C20H33N3O2/c1-2-10-21-13-15-23(16-14-21)20(24)17-22-11-8-19(9-12-22)25-18-6-4-3-5-7-18/h1,18-19H,3-17H2. The summed E-state index contributed by atoms with van der Waals surface area (Å²) in [5, 5.41) is 0. The van der Waals surface area contributed by atoms with Gasteiger partial charge in [-0.3, -0.25) is 14.6 Å². The van der Waals surface area contributed by atoms with Gasteiger partial charge in [0, 0.05) is 39.3 Å². The molecule has 0 aromatic heterocycles. The zero-order valence-corrected chi connectivity index (χ0v) is 15.5. The van der Waals surface area contributed by atoms with Crippen molar-refractivity contribution < 1.29 is 9.53 Å². The van der Waals surface area contributed by atoms with E-state index >= 15 is 0 Å². The van der Waals surface area contributed by atoms with Gasteiger partial charge in [-0.05, 0) is 25.7 Å². The number of likely N-dealkylation sites (tertiary alicyclic amines) is 1. The van der Waals surface area contributed by atoms with Gasteiger partial charge in [0.15, 0.2) is 0 Å². The number of nitrogens with zero attached hydrogens (tertiary/aromatic N) is 3. The summed E-state index contributed by atoms with van der Waals surface area (Å²) in [7, 11) is 0. The first-order valence-electron chi connectivity index (χ1n) is 10.1. The summed E-state index contributed by atoms with van der Waals surface area (Å²) in [5.74, 6) is 2.95. The highest BCUT2D eigenvalue weighted by Crippen LogP contribution is 2.24.